The standard InChI is InChI=1S/C9H9Cl5O/c10-6-2-1-3-7(11)8(6,5-15)4-9(12,13)14/h1-3,6,15H,4-5H2. The van der Waals surface area contributed by atoms with Crippen molar-refractivity contribution in [3.63, 3.8) is 0 Å². The molecule has 0 aromatic carbocycles. The third kappa shape index (κ3) is 3.18. The molecule has 0 aromatic heterocycles. The number of halogens is 5. The predicted molar refractivity (Wildman–Crippen MR) is 67.1 cm³/mol. The van der Waals surface area contributed by atoms with Gasteiger partial charge in [-0.1, -0.05) is 58.6 Å². The summed E-state index contributed by atoms with van der Waals surface area (Å²) in [4.78, 5) is 0. The summed E-state index contributed by atoms with van der Waals surface area (Å²) in [5.41, 5.74) is -0.914. The van der Waals surface area contributed by atoms with E-state index in [1.54, 1.807) is 18.2 Å². The molecule has 0 saturated heterocycles. The minimum atomic E-state index is -1.50. The van der Waals surface area contributed by atoms with Crippen LogP contribution in [0.25, 0.3) is 0 Å². The minimum absolute atomic E-state index is 0.0645. The van der Waals surface area contributed by atoms with Gasteiger partial charge >= 0.3 is 0 Å². The molecule has 15 heavy (non-hydrogen) atoms. The van der Waals surface area contributed by atoms with Crippen LogP contribution in [0.3, 0.4) is 0 Å². The van der Waals surface area contributed by atoms with Crippen molar-refractivity contribution in [1.29, 1.82) is 0 Å². The summed E-state index contributed by atoms with van der Waals surface area (Å²) in [5, 5.41) is 9.34. The van der Waals surface area contributed by atoms with E-state index in [0.29, 0.717) is 5.03 Å². The van der Waals surface area contributed by atoms with Gasteiger partial charge < -0.3 is 5.11 Å². The first kappa shape index (κ1) is 14.0. The van der Waals surface area contributed by atoms with Gasteiger partial charge in [-0.05, 0) is 6.08 Å². The Morgan fingerprint density at radius 2 is 2.00 bits per heavy atom. The van der Waals surface area contributed by atoms with Crippen molar-refractivity contribution in [3.05, 3.63) is 23.3 Å². The SMILES string of the molecule is OCC1(CC(Cl)(Cl)Cl)C(Cl)=CC=CC1Cl. The van der Waals surface area contributed by atoms with Gasteiger partial charge in [-0.2, -0.15) is 0 Å². The fourth-order valence-electron chi connectivity index (χ4n) is 1.48. The summed E-state index contributed by atoms with van der Waals surface area (Å²) in [5.74, 6) is 0. The molecule has 0 saturated carbocycles. The van der Waals surface area contributed by atoms with Gasteiger partial charge in [0.15, 0.2) is 3.79 Å². The maximum atomic E-state index is 9.43. The summed E-state index contributed by atoms with van der Waals surface area (Å²) >= 11 is 29.3. The molecule has 0 aliphatic heterocycles. The zero-order chi connectivity index (χ0) is 11.7. The zero-order valence-corrected chi connectivity index (χ0v) is 11.3. The second kappa shape index (κ2) is 5.03. The lowest BCUT2D eigenvalue weighted by atomic mass is 9.79. The summed E-state index contributed by atoms with van der Waals surface area (Å²) in [6, 6.07) is 0. The van der Waals surface area contributed by atoms with Crippen molar-refractivity contribution in [2.75, 3.05) is 6.61 Å². The number of aliphatic hydroxyl groups is 1. The predicted octanol–water partition coefficient (Wildman–Crippen LogP) is 4.03. The molecule has 0 heterocycles. The second-order valence-corrected chi connectivity index (χ2v) is 6.80. The Labute approximate surface area is 114 Å². The topological polar surface area (TPSA) is 20.2 Å². The molecule has 0 fully saturated rings. The van der Waals surface area contributed by atoms with Gasteiger partial charge in [0, 0.05) is 11.5 Å². The Kier molecular flexibility index (Phi) is 4.68. The number of rotatable bonds is 2. The van der Waals surface area contributed by atoms with Gasteiger partial charge in [0.2, 0.25) is 0 Å². The van der Waals surface area contributed by atoms with Crippen LogP contribution in [0.4, 0.5) is 0 Å². The van der Waals surface area contributed by atoms with Crippen molar-refractivity contribution < 1.29 is 5.11 Å². The van der Waals surface area contributed by atoms with E-state index in [1.807, 2.05) is 0 Å². The molecule has 2 atom stereocenters. The summed E-state index contributed by atoms with van der Waals surface area (Å²) in [6.07, 6.45) is 5.13. The van der Waals surface area contributed by atoms with Crippen LogP contribution in [0.1, 0.15) is 6.42 Å². The highest BCUT2D eigenvalue weighted by molar-refractivity contribution is 6.67. The Morgan fingerprint density at radius 3 is 2.40 bits per heavy atom. The molecule has 1 rings (SSSR count). The van der Waals surface area contributed by atoms with Gasteiger partial charge in [0.1, 0.15) is 0 Å². The van der Waals surface area contributed by atoms with Crippen molar-refractivity contribution >= 4 is 58.0 Å². The number of alkyl halides is 4. The van der Waals surface area contributed by atoms with Crippen molar-refractivity contribution in [2.24, 2.45) is 5.41 Å². The van der Waals surface area contributed by atoms with Crippen LogP contribution in [0.5, 0.6) is 0 Å². The smallest absolute Gasteiger partial charge is 0.191 e. The minimum Gasteiger partial charge on any atom is -0.395 e. The second-order valence-electron chi connectivity index (χ2n) is 3.41. The highest BCUT2D eigenvalue weighted by atomic mass is 35.6. The molecule has 1 N–H and O–H groups in total. The van der Waals surface area contributed by atoms with E-state index >= 15 is 0 Å². The molecular formula is C9H9Cl5O. The van der Waals surface area contributed by atoms with Crippen molar-refractivity contribution in [1.82, 2.24) is 0 Å². The Bertz CT molecular complexity index is 293. The first-order chi connectivity index (χ1) is 6.82. The fourth-order valence-corrected chi connectivity index (χ4v) is 2.91. The average molecular weight is 310 g/mol. The molecule has 0 amide bonds. The van der Waals surface area contributed by atoms with E-state index in [1.165, 1.54) is 0 Å². The Balaban J connectivity index is 3.02. The van der Waals surface area contributed by atoms with E-state index in [0.717, 1.165) is 0 Å². The van der Waals surface area contributed by atoms with Crippen LogP contribution in [0.2, 0.25) is 0 Å². The van der Waals surface area contributed by atoms with E-state index in [4.69, 9.17) is 58.0 Å². The third-order valence-electron chi connectivity index (χ3n) is 2.32. The molecule has 86 valence electrons. The van der Waals surface area contributed by atoms with Gasteiger partial charge in [-0.25, -0.2) is 0 Å². The summed E-state index contributed by atoms with van der Waals surface area (Å²) in [7, 11) is 0. The number of hydrogen-bond donors (Lipinski definition) is 1. The maximum absolute atomic E-state index is 9.43. The summed E-state index contributed by atoms with van der Waals surface area (Å²) < 4.78 is -1.50. The maximum Gasteiger partial charge on any atom is 0.191 e. The van der Waals surface area contributed by atoms with E-state index < -0.39 is 14.6 Å². The van der Waals surface area contributed by atoms with Gasteiger partial charge in [-0.3, -0.25) is 0 Å². The lowest BCUT2D eigenvalue weighted by Crippen LogP contribution is -2.39. The molecule has 0 bridgehead atoms. The molecule has 1 aliphatic carbocycles. The Hall–Kier alpha value is 0.890. The lowest BCUT2D eigenvalue weighted by molar-refractivity contribution is 0.160. The molecular weight excluding hydrogens is 301 g/mol. The molecule has 0 radical (unpaired) electrons. The summed E-state index contributed by atoms with van der Waals surface area (Å²) in [6.45, 7) is -0.269. The van der Waals surface area contributed by atoms with Crippen molar-refractivity contribution in [3.8, 4) is 0 Å². The molecule has 1 aliphatic rings. The third-order valence-corrected chi connectivity index (χ3v) is 3.79. The first-order valence-electron chi connectivity index (χ1n) is 4.18. The first-order valence-corrected chi connectivity index (χ1v) is 6.13. The van der Waals surface area contributed by atoms with Crippen LogP contribution in [0, 0.1) is 5.41 Å². The van der Waals surface area contributed by atoms with Gasteiger partial charge in [-0.15, -0.1) is 11.6 Å². The van der Waals surface area contributed by atoms with Gasteiger partial charge in [0.25, 0.3) is 0 Å². The molecule has 0 spiro atoms. The van der Waals surface area contributed by atoms with Crippen LogP contribution >= 0.6 is 58.0 Å². The quantitative estimate of drug-likeness (QED) is 0.764. The van der Waals surface area contributed by atoms with Crippen LogP contribution in [-0.4, -0.2) is 20.9 Å². The van der Waals surface area contributed by atoms with Crippen LogP contribution < -0.4 is 0 Å². The fraction of sp³-hybridized carbons (Fsp3) is 0.556. The zero-order valence-electron chi connectivity index (χ0n) is 7.56. The molecule has 6 heteroatoms. The Morgan fingerprint density at radius 1 is 1.40 bits per heavy atom. The number of hydrogen-bond acceptors (Lipinski definition) is 1. The average Bonchev–Trinajstić information content (AvgIpc) is 2.10. The highest BCUT2D eigenvalue weighted by Crippen LogP contribution is 2.49. The monoisotopic (exact) mass is 308 g/mol. The normalized spacial score (nSPS) is 31.6. The molecule has 1 nitrogen and oxygen atoms in total. The number of aliphatic hydroxyl groups excluding tert-OH is 1. The molecule has 0 aromatic rings. The van der Waals surface area contributed by atoms with Gasteiger partial charge in [0.05, 0.1) is 17.4 Å². The molecule has 2 unspecified atom stereocenters. The lowest BCUT2D eigenvalue weighted by Gasteiger charge is -2.38. The van der Waals surface area contributed by atoms with E-state index in [-0.39, 0.29) is 13.0 Å². The van der Waals surface area contributed by atoms with Crippen LogP contribution in [0.15, 0.2) is 23.3 Å². The number of allylic oxidation sites excluding steroid dienone is 3. The van der Waals surface area contributed by atoms with Crippen LogP contribution in [-0.2, 0) is 0 Å². The van der Waals surface area contributed by atoms with Crippen molar-refractivity contribution in [2.45, 2.75) is 15.6 Å². The van der Waals surface area contributed by atoms with E-state index in [2.05, 4.69) is 0 Å². The van der Waals surface area contributed by atoms with E-state index in [9.17, 15) is 5.11 Å². The largest absolute Gasteiger partial charge is 0.395 e. The highest BCUT2D eigenvalue weighted by Gasteiger charge is 2.45.